The van der Waals surface area contributed by atoms with Crippen molar-refractivity contribution in [3.8, 4) is 0 Å². The highest BCUT2D eigenvalue weighted by molar-refractivity contribution is 8.11. The summed E-state index contributed by atoms with van der Waals surface area (Å²) in [6.45, 7) is 9.97. The first-order valence-electron chi connectivity index (χ1n) is 8.34. The molecule has 2 aromatic rings. The van der Waals surface area contributed by atoms with E-state index in [2.05, 4.69) is 52.3 Å². The number of imidazole rings is 1. The van der Waals surface area contributed by atoms with E-state index in [1.807, 2.05) is 12.1 Å². The van der Waals surface area contributed by atoms with E-state index in [0.717, 1.165) is 43.0 Å². The summed E-state index contributed by atoms with van der Waals surface area (Å²) in [4.78, 5) is 22.5. The van der Waals surface area contributed by atoms with Gasteiger partial charge in [-0.2, -0.15) is 0 Å². The lowest BCUT2D eigenvalue weighted by molar-refractivity contribution is 0.232. The molecular formula is C17H24ClN5OS. The van der Waals surface area contributed by atoms with E-state index in [-0.39, 0.29) is 10.7 Å². The number of rotatable bonds is 2. The van der Waals surface area contributed by atoms with Crippen LogP contribution in [0.3, 0.4) is 0 Å². The molecule has 25 heavy (non-hydrogen) atoms. The molecule has 8 heteroatoms. The van der Waals surface area contributed by atoms with Gasteiger partial charge in [0.1, 0.15) is 5.82 Å². The number of hydrogen-bond acceptors (Lipinski definition) is 5. The summed E-state index contributed by atoms with van der Waals surface area (Å²) < 4.78 is 2.08. The first-order chi connectivity index (χ1) is 11.7. The Morgan fingerprint density at radius 1 is 1.28 bits per heavy atom. The highest BCUT2D eigenvalue weighted by Crippen LogP contribution is 2.30. The molecule has 2 N–H and O–H groups in total. The van der Waals surface area contributed by atoms with Gasteiger partial charge in [-0.15, -0.1) is 0 Å². The van der Waals surface area contributed by atoms with Gasteiger partial charge in [-0.25, -0.2) is 9.29 Å². The molecule has 0 unspecified atom stereocenters. The molecule has 0 spiro atoms. The molecule has 1 aliphatic heterocycles. The fraction of sp³-hybridized carbons (Fsp3) is 0.529. The van der Waals surface area contributed by atoms with Crippen molar-refractivity contribution in [1.82, 2.24) is 19.2 Å². The lowest BCUT2D eigenvalue weighted by atomic mass is 9.96. The van der Waals surface area contributed by atoms with Crippen LogP contribution < -0.4 is 5.32 Å². The largest absolute Gasteiger partial charge is 0.341 e. The van der Waals surface area contributed by atoms with E-state index in [4.69, 9.17) is 11.6 Å². The molecule has 1 aromatic carbocycles. The Hall–Kier alpha value is -1.28. The van der Waals surface area contributed by atoms with Crippen LogP contribution in [0.2, 0.25) is 5.02 Å². The number of fused-ring (bicyclic) bond motifs is 1. The maximum atomic E-state index is 12.3. The predicted octanol–water partition coefficient (Wildman–Crippen LogP) is 3.94. The van der Waals surface area contributed by atoms with E-state index in [0.29, 0.717) is 10.7 Å². The van der Waals surface area contributed by atoms with Gasteiger partial charge in [-0.05, 0) is 19.2 Å². The van der Waals surface area contributed by atoms with Gasteiger partial charge < -0.3 is 15.2 Å². The lowest BCUT2D eigenvalue weighted by Gasteiger charge is -2.30. The Morgan fingerprint density at radius 2 is 1.96 bits per heavy atom. The summed E-state index contributed by atoms with van der Waals surface area (Å²) in [7, 11) is 2.09. The van der Waals surface area contributed by atoms with Crippen LogP contribution >= 0.6 is 23.5 Å². The average molecular weight is 382 g/mol. The molecular weight excluding hydrogens is 358 g/mol. The zero-order valence-corrected chi connectivity index (χ0v) is 16.6. The zero-order chi connectivity index (χ0) is 18.2. The number of anilines is 1. The Morgan fingerprint density at radius 3 is 2.60 bits per heavy atom. The fourth-order valence-corrected chi connectivity index (χ4v) is 3.56. The number of nitrogens with zero attached hydrogens (tertiary/aromatic N) is 3. The van der Waals surface area contributed by atoms with E-state index < -0.39 is 0 Å². The third-order valence-corrected chi connectivity index (χ3v) is 5.40. The number of likely N-dealkylation sites (N-methyl/N-ethyl adjacent to an activating group) is 1. The van der Waals surface area contributed by atoms with Crippen molar-refractivity contribution < 1.29 is 4.79 Å². The fourth-order valence-electron chi connectivity index (χ4n) is 2.61. The number of nitrogens with one attached hydrogen (secondary N) is 2. The van der Waals surface area contributed by atoms with E-state index in [1.165, 1.54) is 11.9 Å². The van der Waals surface area contributed by atoms with Crippen LogP contribution in [0.15, 0.2) is 12.1 Å². The van der Waals surface area contributed by atoms with Crippen molar-refractivity contribution in [2.75, 3.05) is 38.5 Å². The van der Waals surface area contributed by atoms with Crippen molar-refractivity contribution in [3.63, 3.8) is 0 Å². The van der Waals surface area contributed by atoms with E-state index in [1.54, 1.807) is 0 Å². The van der Waals surface area contributed by atoms with Crippen LogP contribution in [0.1, 0.15) is 26.6 Å². The second kappa shape index (κ2) is 7.15. The van der Waals surface area contributed by atoms with Crippen LogP contribution in [-0.2, 0) is 5.41 Å². The molecule has 1 amide bonds. The van der Waals surface area contributed by atoms with Gasteiger partial charge in [0.25, 0.3) is 5.24 Å². The number of hydrogen-bond donors (Lipinski definition) is 2. The third kappa shape index (κ3) is 4.47. The summed E-state index contributed by atoms with van der Waals surface area (Å²) in [6, 6.07) is 3.64. The monoisotopic (exact) mass is 381 g/mol. The third-order valence-electron chi connectivity index (χ3n) is 4.19. The maximum absolute atomic E-state index is 12.3. The van der Waals surface area contributed by atoms with Crippen LogP contribution in [0.5, 0.6) is 0 Å². The number of halogens is 1. The molecule has 2 heterocycles. The lowest BCUT2D eigenvalue weighted by Crippen LogP contribution is -2.41. The molecule has 1 aliphatic rings. The molecule has 0 atom stereocenters. The number of benzene rings is 1. The van der Waals surface area contributed by atoms with Crippen LogP contribution in [0.4, 0.5) is 10.5 Å². The standard InChI is InChI=1S/C17H24ClN5OS/c1-17(2,3)15-19-13-9-11(18)12(10-14(13)20-15)21-16(24)25-23-7-5-22(4)6-8-23/h9-10H,5-8H2,1-4H3,(H,19,20)(H,21,24). The van der Waals surface area contributed by atoms with Gasteiger partial charge in [0.2, 0.25) is 0 Å². The minimum Gasteiger partial charge on any atom is -0.341 e. The summed E-state index contributed by atoms with van der Waals surface area (Å²) >= 11 is 7.55. The van der Waals surface area contributed by atoms with Crippen molar-refractivity contribution in [2.45, 2.75) is 26.2 Å². The molecule has 0 bridgehead atoms. The van der Waals surface area contributed by atoms with Gasteiger partial charge in [-0.1, -0.05) is 32.4 Å². The Labute approximate surface area is 157 Å². The quantitative estimate of drug-likeness (QED) is 0.771. The Balaban J connectivity index is 1.72. The first-order valence-corrected chi connectivity index (χ1v) is 9.50. The molecule has 136 valence electrons. The second-order valence-electron chi connectivity index (χ2n) is 7.42. The topological polar surface area (TPSA) is 64.3 Å². The van der Waals surface area contributed by atoms with Crippen LogP contribution in [-0.4, -0.2) is 57.6 Å². The summed E-state index contributed by atoms with van der Waals surface area (Å²) in [5, 5.41) is 3.27. The number of aromatic amines is 1. The predicted molar refractivity (Wildman–Crippen MR) is 105 cm³/mol. The number of carbonyl (C=O) groups is 1. The first kappa shape index (κ1) is 18.5. The number of H-pyrrole nitrogens is 1. The molecule has 3 rings (SSSR count). The number of piperazine rings is 1. The van der Waals surface area contributed by atoms with E-state index >= 15 is 0 Å². The maximum Gasteiger partial charge on any atom is 0.298 e. The number of carbonyl (C=O) groups excluding carboxylic acids is 1. The minimum absolute atomic E-state index is 0.0772. The Kier molecular flexibility index (Phi) is 5.29. The molecule has 1 aromatic heterocycles. The molecule has 1 fully saturated rings. The van der Waals surface area contributed by atoms with Gasteiger partial charge >= 0.3 is 0 Å². The SMILES string of the molecule is CN1CCN(SC(=O)Nc2cc3nc(C(C)(C)C)[nH]c3cc2Cl)CC1. The number of amides is 1. The molecule has 0 saturated carbocycles. The van der Waals surface area contributed by atoms with Crippen molar-refractivity contribution in [2.24, 2.45) is 0 Å². The summed E-state index contributed by atoms with van der Waals surface area (Å²) in [6.07, 6.45) is 0. The van der Waals surface area contributed by atoms with Crippen LogP contribution in [0.25, 0.3) is 11.0 Å². The summed E-state index contributed by atoms with van der Waals surface area (Å²) in [5.41, 5.74) is 2.19. The zero-order valence-electron chi connectivity index (χ0n) is 15.0. The second-order valence-corrected chi connectivity index (χ2v) is 8.90. The molecule has 6 nitrogen and oxygen atoms in total. The van der Waals surface area contributed by atoms with E-state index in [9.17, 15) is 4.79 Å². The van der Waals surface area contributed by atoms with Crippen molar-refractivity contribution in [3.05, 3.63) is 23.0 Å². The van der Waals surface area contributed by atoms with Gasteiger partial charge in [0.05, 0.1) is 21.7 Å². The number of aromatic nitrogens is 2. The molecule has 0 aliphatic carbocycles. The normalized spacial score (nSPS) is 17.2. The smallest absolute Gasteiger partial charge is 0.298 e. The summed E-state index contributed by atoms with van der Waals surface area (Å²) in [5.74, 6) is 0.897. The molecule has 1 saturated heterocycles. The van der Waals surface area contributed by atoms with Crippen molar-refractivity contribution >= 4 is 45.5 Å². The average Bonchev–Trinajstić information content (AvgIpc) is 2.93. The molecule has 0 radical (unpaired) electrons. The van der Waals surface area contributed by atoms with Gasteiger partial charge in [0.15, 0.2) is 0 Å². The van der Waals surface area contributed by atoms with Gasteiger partial charge in [0, 0.05) is 43.5 Å². The Bertz CT molecular complexity index is 777. The highest BCUT2D eigenvalue weighted by Gasteiger charge is 2.21. The van der Waals surface area contributed by atoms with Crippen LogP contribution in [0, 0.1) is 0 Å². The van der Waals surface area contributed by atoms with Gasteiger partial charge in [-0.3, -0.25) is 4.79 Å². The van der Waals surface area contributed by atoms with Crippen molar-refractivity contribution in [1.29, 1.82) is 0 Å². The minimum atomic E-state index is -0.127. The highest BCUT2D eigenvalue weighted by atomic mass is 35.5.